The van der Waals surface area contributed by atoms with Gasteiger partial charge in [-0.1, -0.05) is 13.8 Å². The van der Waals surface area contributed by atoms with Gasteiger partial charge in [0.15, 0.2) is 5.13 Å². The van der Waals surface area contributed by atoms with Crippen molar-refractivity contribution in [3.8, 4) is 0 Å². The summed E-state index contributed by atoms with van der Waals surface area (Å²) in [6.07, 6.45) is 2.93. The molecule has 2 heterocycles. The quantitative estimate of drug-likeness (QED) is 0.796. The second-order valence-electron chi connectivity index (χ2n) is 6.41. The van der Waals surface area contributed by atoms with E-state index in [1.165, 1.54) is 16.2 Å². The number of aryl methyl sites for hydroxylation is 2. The van der Waals surface area contributed by atoms with Crippen molar-refractivity contribution in [3.05, 3.63) is 28.5 Å². The number of thiazole rings is 1. The molecule has 0 radical (unpaired) electrons. The van der Waals surface area contributed by atoms with Crippen molar-refractivity contribution in [1.82, 2.24) is 20.1 Å². The normalized spacial score (nSPS) is 16.9. The summed E-state index contributed by atoms with van der Waals surface area (Å²) in [4.78, 5) is 17.8. The van der Waals surface area contributed by atoms with Crippen LogP contribution < -0.4 is 10.6 Å². The molecule has 7 nitrogen and oxygen atoms in total. The zero-order valence-electron chi connectivity index (χ0n) is 13.5. The number of carbonyl (C=O) groups excluding carboxylic acids is 1. The minimum Gasteiger partial charge on any atom is -0.385 e. The maximum atomic E-state index is 12.0. The van der Waals surface area contributed by atoms with Gasteiger partial charge in [0.1, 0.15) is 6.10 Å². The van der Waals surface area contributed by atoms with Gasteiger partial charge in [0, 0.05) is 23.5 Å². The zero-order valence-corrected chi connectivity index (χ0v) is 14.3. The molecule has 0 spiro atoms. The van der Waals surface area contributed by atoms with Crippen LogP contribution in [0.15, 0.2) is 12.3 Å². The van der Waals surface area contributed by atoms with Crippen LogP contribution in [0.3, 0.4) is 0 Å². The van der Waals surface area contributed by atoms with Gasteiger partial charge < -0.3 is 10.4 Å². The summed E-state index contributed by atoms with van der Waals surface area (Å²) in [5, 5.41) is 20.1. The van der Waals surface area contributed by atoms with E-state index < -0.39 is 6.10 Å². The van der Waals surface area contributed by atoms with E-state index in [0.29, 0.717) is 10.8 Å². The summed E-state index contributed by atoms with van der Waals surface area (Å²) in [5.41, 5.74) is 1.82. The maximum absolute atomic E-state index is 12.0. The smallest absolute Gasteiger partial charge is 0.321 e. The number of hydrogen-bond acceptors (Lipinski definition) is 5. The Balaban J connectivity index is 1.55. The molecule has 0 saturated carbocycles. The van der Waals surface area contributed by atoms with Crippen molar-refractivity contribution in [1.29, 1.82) is 0 Å². The van der Waals surface area contributed by atoms with Crippen molar-refractivity contribution in [3.63, 3.8) is 0 Å². The molecular weight excluding hydrogens is 314 g/mol. The lowest BCUT2D eigenvalue weighted by Gasteiger charge is -2.15. The third-order valence-electron chi connectivity index (χ3n) is 4.19. The van der Waals surface area contributed by atoms with E-state index in [2.05, 4.69) is 34.6 Å². The molecule has 3 N–H and O–H groups in total. The fourth-order valence-corrected chi connectivity index (χ4v) is 3.93. The summed E-state index contributed by atoms with van der Waals surface area (Å²) in [5.74, 6) is 0. The van der Waals surface area contributed by atoms with Crippen LogP contribution in [0.25, 0.3) is 0 Å². The standard InChI is InChI=1S/C15H21N5O2S/c1-15(2)6-4-11-12(15)18-14(23-11)19-13(22)16-8-10(21)9-5-7-17-20(9)3/h5,7,10,21H,4,6,8H2,1-3H3,(H2,16,18,19,22). The molecule has 1 atom stereocenters. The third-order valence-corrected chi connectivity index (χ3v) is 5.22. The van der Waals surface area contributed by atoms with Gasteiger partial charge in [0.25, 0.3) is 0 Å². The van der Waals surface area contributed by atoms with Crippen LogP contribution in [0.1, 0.15) is 42.6 Å². The van der Waals surface area contributed by atoms with Crippen LogP contribution in [0, 0.1) is 0 Å². The molecule has 23 heavy (non-hydrogen) atoms. The number of aromatic nitrogens is 3. The number of carbonyl (C=O) groups is 1. The molecule has 0 fully saturated rings. The van der Waals surface area contributed by atoms with Crippen LogP contribution in [-0.4, -0.2) is 32.4 Å². The molecule has 1 aliphatic rings. The van der Waals surface area contributed by atoms with E-state index in [-0.39, 0.29) is 18.0 Å². The van der Waals surface area contributed by atoms with Gasteiger partial charge >= 0.3 is 6.03 Å². The molecule has 1 unspecified atom stereocenters. The SMILES string of the molecule is Cn1nccc1C(O)CNC(=O)Nc1nc2c(s1)CCC2(C)C. The Kier molecular flexibility index (Phi) is 4.11. The molecule has 0 bridgehead atoms. The number of urea groups is 1. The largest absolute Gasteiger partial charge is 0.385 e. The molecule has 0 aromatic carbocycles. The highest BCUT2D eigenvalue weighted by molar-refractivity contribution is 7.16. The first-order valence-electron chi connectivity index (χ1n) is 7.58. The van der Waals surface area contributed by atoms with Gasteiger partial charge in [-0.2, -0.15) is 5.10 Å². The number of amides is 2. The lowest BCUT2D eigenvalue weighted by molar-refractivity contribution is 0.166. The Bertz CT molecular complexity index is 721. The fraction of sp³-hybridized carbons (Fsp3) is 0.533. The second kappa shape index (κ2) is 5.93. The molecule has 2 aromatic rings. The Morgan fingerprint density at radius 3 is 3.00 bits per heavy atom. The number of aliphatic hydroxyl groups is 1. The van der Waals surface area contributed by atoms with E-state index in [1.807, 2.05) is 0 Å². The highest BCUT2D eigenvalue weighted by Gasteiger charge is 2.33. The Labute approximate surface area is 138 Å². The molecule has 0 aliphatic heterocycles. The van der Waals surface area contributed by atoms with E-state index >= 15 is 0 Å². The van der Waals surface area contributed by atoms with Crippen LogP contribution in [0.4, 0.5) is 9.93 Å². The van der Waals surface area contributed by atoms with Crippen molar-refractivity contribution >= 4 is 22.5 Å². The first-order chi connectivity index (χ1) is 10.9. The number of hydrogen-bond donors (Lipinski definition) is 3. The van der Waals surface area contributed by atoms with Gasteiger partial charge in [-0.15, -0.1) is 11.3 Å². The van der Waals surface area contributed by atoms with Gasteiger partial charge in [0.2, 0.25) is 0 Å². The van der Waals surface area contributed by atoms with Crippen molar-refractivity contribution in [2.24, 2.45) is 7.05 Å². The molecular formula is C15H21N5O2S. The number of rotatable bonds is 4. The van der Waals surface area contributed by atoms with Gasteiger partial charge in [-0.25, -0.2) is 9.78 Å². The molecule has 2 aromatic heterocycles. The minimum absolute atomic E-state index is 0.0813. The summed E-state index contributed by atoms with van der Waals surface area (Å²) >= 11 is 1.53. The van der Waals surface area contributed by atoms with Crippen molar-refractivity contribution in [2.45, 2.75) is 38.2 Å². The van der Waals surface area contributed by atoms with E-state index in [4.69, 9.17) is 0 Å². The predicted molar refractivity (Wildman–Crippen MR) is 88.7 cm³/mol. The molecule has 8 heteroatoms. The Hall–Kier alpha value is -1.93. The van der Waals surface area contributed by atoms with E-state index in [1.54, 1.807) is 24.0 Å². The van der Waals surface area contributed by atoms with Crippen molar-refractivity contribution < 1.29 is 9.90 Å². The minimum atomic E-state index is -0.798. The monoisotopic (exact) mass is 335 g/mol. The lowest BCUT2D eigenvalue weighted by atomic mass is 9.91. The first-order valence-corrected chi connectivity index (χ1v) is 8.39. The van der Waals surface area contributed by atoms with Gasteiger partial charge in [-0.05, 0) is 18.9 Å². The molecule has 1 aliphatic carbocycles. The zero-order chi connectivity index (χ0) is 16.6. The summed E-state index contributed by atoms with van der Waals surface area (Å²) in [7, 11) is 1.75. The Morgan fingerprint density at radius 2 is 2.35 bits per heavy atom. The highest BCUT2D eigenvalue weighted by atomic mass is 32.1. The maximum Gasteiger partial charge on any atom is 0.321 e. The van der Waals surface area contributed by atoms with Gasteiger partial charge in [0.05, 0.1) is 17.9 Å². The summed E-state index contributed by atoms with van der Waals surface area (Å²) < 4.78 is 1.58. The average molecular weight is 335 g/mol. The van der Waals surface area contributed by atoms with Crippen LogP contribution >= 0.6 is 11.3 Å². The Morgan fingerprint density at radius 1 is 1.57 bits per heavy atom. The molecule has 3 rings (SSSR count). The summed E-state index contributed by atoms with van der Waals surface area (Å²) in [6, 6.07) is 1.36. The number of fused-ring (bicyclic) bond motifs is 1. The second-order valence-corrected chi connectivity index (χ2v) is 7.49. The topological polar surface area (TPSA) is 92.1 Å². The fourth-order valence-electron chi connectivity index (χ4n) is 2.79. The first kappa shape index (κ1) is 15.9. The highest BCUT2D eigenvalue weighted by Crippen LogP contribution is 2.41. The number of nitrogens with zero attached hydrogens (tertiary/aromatic N) is 3. The molecule has 2 amide bonds. The molecule has 124 valence electrons. The van der Waals surface area contributed by atoms with Crippen LogP contribution in [0.2, 0.25) is 0 Å². The average Bonchev–Trinajstić information content (AvgIpc) is 3.15. The number of anilines is 1. The molecule has 0 saturated heterocycles. The van der Waals surface area contributed by atoms with Crippen molar-refractivity contribution in [2.75, 3.05) is 11.9 Å². The predicted octanol–water partition coefficient (Wildman–Crippen LogP) is 1.96. The number of nitrogens with one attached hydrogen (secondary N) is 2. The van der Waals surface area contributed by atoms with E-state index in [0.717, 1.165) is 18.5 Å². The summed E-state index contributed by atoms with van der Waals surface area (Å²) in [6.45, 7) is 4.46. The lowest BCUT2D eigenvalue weighted by Crippen LogP contribution is -2.33. The van der Waals surface area contributed by atoms with Crippen LogP contribution in [-0.2, 0) is 18.9 Å². The number of aliphatic hydroxyl groups excluding tert-OH is 1. The third kappa shape index (κ3) is 3.23. The van der Waals surface area contributed by atoms with E-state index in [9.17, 15) is 9.90 Å². The van der Waals surface area contributed by atoms with Gasteiger partial charge in [-0.3, -0.25) is 10.00 Å². The van der Waals surface area contributed by atoms with Crippen LogP contribution in [0.5, 0.6) is 0 Å².